The number of fused-ring (bicyclic) bond motifs is 1. The highest BCUT2D eigenvalue weighted by molar-refractivity contribution is 9.10. The molecule has 1 aliphatic rings. The molecule has 11 heteroatoms. The third-order valence-electron chi connectivity index (χ3n) is 5.70. The quantitative estimate of drug-likeness (QED) is 0.311. The van der Waals surface area contributed by atoms with Crippen LogP contribution in [-0.2, 0) is 21.4 Å². The molecule has 0 aliphatic carbocycles. The van der Waals surface area contributed by atoms with E-state index in [1.54, 1.807) is 34.8 Å². The van der Waals surface area contributed by atoms with Crippen LogP contribution in [0.5, 0.6) is 0 Å². The van der Waals surface area contributed by atoms with Gasteiger partial charge in [-0.2, -0.15) is 4.31 Å². The number of hydrogen-bond donors (Lipinski definition) is 0. The first-order valence-corrected chi connectivity index (χ1v) is 14.7. The first-order valence-electron chi connectivity index (χ1n) is 10.8. The van der Waals surface area contributed by atoms with Gasteiger partial charge >= 0.3 is 0 Å². The van der Waals surface area contributed by atoms with E-state index < -0.39 is 16.1 Å². The minimum atomic E-state index is -3.76. The zero-order valence-electron chi connectivity index (χ0n) is 18.0. The molecule has 34 heavy (non-hydrogen) atoms. The number of halogens is 1. The predicted molar refractivity (Wildman–Crippen MR) is 139 cm³/mol. The number of sulfonamides is 1. The summed E-state index contributed by atoms with van der Waals surface area (Å²) >= 11 is 6.08. The van der Waals surface area contributed by atoms with Crippen molar-refractivity contribution in [2.45, 2.75) is 36.1 Å². The molecule has 1 fully saturated rings. The van der Waals surface area contributed by atoms with E-state index in [1.807, 2.05) is 30.3 Å². The molecule has 0 N–H and O–H groups in total. The van der Waals surface area contributed by atoms with Gasteiger partial charge in [-0.1, -0.05) is 45.8 Å². The topological polar surface area (TPSA) is 83.5 Å². The van der Waals surface area contributed by atoms with Gasteiger partial charge in [0.25, 0.3) is 10.0 Å². The van der Waals surface area contributed by atoms with Crippen molar-refractivity contribution in [1.82, 2.24) is 14.3 Å². The van der Waals surface area contributed by atoms with Gasteiger partial charge in [-0.15, -0.1) is 11.3 Å². The Bertz CT molecular complexity index is 1410. The van der Waals surface area contributed by atoms with Crippen LogP contribution in [0.1, 0.15) is 24.8 Å². The maximum atomic E-state index is 14.0. The van der Waals surface area contributed by atoms with Crippen LogP contribution in [0.2, 0.25) is 0 Å². The summed E-state index contributed by atoms with van der Waals surface area (Å²) in [4.78, 5) is 24.5. The number of aromatic nitrogens is 2. The normalized spacial score (nSPS) is 17.1. The van der Waals surface area contributed by atoms with Gasteiger partial charge in [0.05, 0.1) is 16.8 Å². The molecule has 176 valence electrons. The molecule has 3 aromatic heterocycles. The van der Waals surface area contributed by atoms with Gasteiger partial charge in [0, 0.05) is 23.4 Å². The van der Waals surface area contributed by atoms with E-state index in [-0.39, 0.29) is 16.7 Å². The summed E-state index contributed by atoms with van der Waals surface area (Å²) < 4.78 is 30.3. The number of benzene rings is 1. The molecule has 0 radical (unpaired) electrons. The second-order valence-corrected chi connectivity index (χ2v) is 12.9. The first-order chi connectivity index (χ1) is 16.4. The fourth-order valence-corrected chi connectivity index (χ4v) is 8.35. The van der Waals surface area contributed by atoms with Crippen molar-refractivity contribution in [3.63, 3.8) is 0 Å². The number of carbonyl (C=O) groups excluding carboxylic acids is 1. The van der Waals surface area contributed by atoms with Gasteiger partial charge in [-0.3, -0.25) is 14.7 Å². The molecule has 0 bridgehead atoms. The summed E-state index contributed by atoms with van der Waals surface area (Å²) in [5.41, 5.74) is 1.64. The molecule has 1 atom stereocenters. The smallest absolute Gasteiger partial charge is 0.253 e. The SMILES string of the molecule is O=C(C1CCCCN1S(=O)(=O)c1cccs1)N(Cc1cccnc1)c1nc2ccc(Br)cc2s1. The molecular formula is C23H21BrN4O3S3. The van der Waals surface area contributed by atoms with E-state index >= 15 is 0 Å². The summed E-state index contributed by atoms with van der Waals surface area (Å²) in [6.07, 6.45) is 5.39. The number of carbonyl (C=O) groups is 1. The van der Waals surface area contributed by atoms with Gasteiger partial charge in [0.2, 0.25) is 5.91 Å². The van der Waals surface area contributed by atoms with E-state index in [0.717, 1.165) is 33.1 Å². The molecule has 0 spiro atoms. The largest absolute Gasteiger partial charge is 0.282 e. The lowest BCUT2D eigenvalue weighted by atomic mass is 10.0. The van der Waals surface area contributed by atoms with Crippen molar-refractivity contribution in [2.24, 2.45) is 0 Å². The summed E-state index contributed by atoms with van der Waals surface area (Å²) in [6, 6.07) is 12.0. The molecule has 1 aliphatic heterocycles. The third kappa shape index (κ3) is 4.67. The second-order valence-electron chi connectivity index (χ2n) is 7.95. The monoisotopic (exact) mass is 576 g/mol. The summed E-state index contributed by atoms with van der Waals surface area (Å²) in [6.45, 7) is 0.585. The molecular weight excluding hydrogens is 556 g/mol. The van der Waals surface area contributed by atoms with E-state index in [4.69, 9.17) is 4.98 Å². The minimum absolute atomic E-state index is 0.260. The lowest BCUT2D eigenvalue weighted by molar-refractivity contribution is -0.123. The Kier molecular flexibility index (Phi) is 6.81. The van der Waals surface area contributed by atoms with Crippen molar-refractivity contribution < 1.29 is 13.2 Å². The lowest BCUT2D eigenvalue weighted by Crippen LogP contribution is -2.52. The van der Waals surface area contributed by atoms with Crippen LogP contribution in [0.25, 0.3) is 10.2 Å². The molecule has 7 nitrogen and oxygen atoms in total. The Labute approximate surface area is 214 Å². The molecule has 1 amide bonds. The number of piperidine rings is 1. The number of amides is 1. The van der Waals surface area contributed by atoms with Gasteiger partial charge in [-0.25, -0.2) is 13.4 Å². The maximum Gasteiger partial charge on any atom is 0.253 e. The van der Waals surface area contributed by atoms with Crippen molar-refractivity contribution in [3.8, 4) is 0 Å². The Hall–Kier alpha value is -2.18. The maximum absolute atomic E-state index is 14.0. The molecule has 5 rings (SSSR count). The van der Waals surface area contributed by atoms with E-state index in [2.05, 4.69) is 20.9 Å². The summed E-state index contributed by atoms with van der Waals surface area (Å²) in [5, 5.41) is 2.28. The number of thiophene rings is 1. The van der Waals surface area contributed by atoms with Crippen molar-refractivity contribution >= 4 is 69.9 Å². The fourth-order valence-electron chi connectivity index (χ4n) is 4.06. The van der Waals surface area contributed by atoms with E-state index in [9.17, 15) is 13.2 Å². The highest BCUT2D eigenvalue weighted by atomic mass is 79.9. The highest BCUT2D eigenvalue weighted by Gasteiger charge is 2.40. The Balaban J connectivity index is 1.54. The second kappa shape index (κ2) is 9.82. The van der Waals surface area contributed by atoms with Crippen molar-refractivity contribution in [2.75, 3.05) is 11.4 Å². The van der Waals surface area contributed by atoms with Crippen LogP contribution in [0.4, 0.5) is 5.13 Å². The van der Waals surface area contributed by atoms with Gasteiger partial charge in [-0.05, 0) is 54.1 Å². The number of hydrogen-bond acceptors (Lipinski definition) is 7. The van der Waals surface area contributed by atoms with Crippen LogP contribution >= 0.6 is 38.6 Å². The first kappa shape index (κ1) is 23.6. The molecule has 4 aromatic rings. The molecule has 1 unspecified atom stereocenters. The number of anilines is 1. The lowest BCUT2D eigenvalue weighted by Gasteiger charge is -2.35. The summed E-state index contributed by atoms with van der Waals surface area (Å²) in [5.74, 6) is -0.262. The minimum Gasteiger partial charge on any atom is -0.282 e. The van der Waals surface area contributed by atoms with E-state index in [0.29, 0.717) is 18.1 Å². The molecule has 0 saturated carbocycles. The Morgan fingerprint density at radius 3 is 2.85 bits per heavy atom. The van der Waals surface area contributed by atoms with Crippen LogP contribution in [-0.4, -0.2) is 41.2 Å². The van der Waals surface area contributed by atoms with Gasteiger partial charge in [0.15, 0.2) is 5.13 Å². The van der Waals surface area contributed by atoms with Crippen LogP contribution < -0.4 is 4.90 Å². The third-order valence-corrected chi connectivity index (χ3v) is 10.5. The predicted octanol–water partition coefficient (Wildman–Crippen LogP) is 5.29. The zero-order chi connectivity index (χ0) is 23.7. The van der Waals surface area contributed by atoms with Crippen LogP contribution in [0.3, 0.4) is 0 Å². The molecule has 1 saturated heterocycles. The Morgan fingerprint density at radius 1 is 1.21 bits per heavy atom. The fraction of sp³-hybridized carbons (Fsp3) is 0.261. The highest BCUT2D eigenvalue weighted by Crippen LogP contribution is 2.34. The van der Waals surface area contributed by atoms with Gasteiger partial charge < -0.3 is 0 Å². The zero-order valence-corrected chi connectivity index (χ0v) is 22.0. The number of pyridine rings is 1. The molecule has 4 heterocycles. The standard InChI is InChI=1S/C23H21BrN4O3S3/c24-17-8-9-18-20(13-17)33-23(26-18)27(15-16-5-3-10-25-14-16)22(29)19-6-1-2-11-28(19)34(30,31)21-7-4-12-32-21/h3-5,7-10,12-14,19H,1-2,6,11,15H2. The van der Waals surface area contributed by atoms with Crippen LogP contribution in [0.15, 0.2) is 68.9 Å². The van der Waals surface area contributed by atoms with Crippen molar-refractivity contribution in [1.29, 1.82) is 0 Å². The average molecular weight is 578 g/mol. The number of thiazole rings is 1. The van der Waals surface area contributed by atoms with Crippen LogP contribution in [0, 0.1) is 0 Å². The number of nitrogens with zero attached hydrogens (tertiary/aromatic N) is 4. The van der Waals surface area contributed by atoms with E-state index in [1.165, 1.54) is 27.0 Å². The van der Waals surface area contributed by atoms with Gasteiger partial charge in [0.1, 0.15) is 10.3 Å². The Morgan fingerprint density at radius 2 is 2.09 bits per heavy atom. The van der Waals surface area contributed by atoms with Crippen molar-refractivity contribution in [3.05, 3.63) is 70.3 Å². The number of rotatable bonds is 6. The average Bonchev–Trinajstić information content (AvgIpc) is 3.53. The molecule has 1 aromatic carbocycles. The summed E-state index contributed by atoms with van der Waals surface area (Å²) in [7, 11) is -3.76.